The fourth-order valence-corrected chi connectivity index (χ4v) is 10.8. The second-order valence-electron chi connectivity index (χ2n) is 25.6. The Kier molecular flexibility index (Phi) is 66.5. The van der Waals surface area contributed by atoms with Crippen LogP contribution in [0, 0.1) is 0 Å². The third-order valence-corrected chi connectivity index (χ3v) is 16.6. The summed E-state index contributed by atoms with van der Waals surface area (Å²) in [5.74, 6) is -0.832. The molecule has 9 nitrogen and oxygen atoms in total. The van der Waals surface area contributed by atoms with Crippen molar-refractivity contribution in [3.05, 3.63) is 134 Å². The van der Waals surface area contributed by atoms with Crippen LogP contribution >= 0.6 is 7.82 Å². The van der Waals surface area contributed by atoms with Gasteiger partial charge in [-0.2, -0.15) is 0 Å². The van der Waals surface area contributed by atoms with E-state index < -0.39 is 26.5 Å². The van der Waals surface area contributed by atoms with Crippen LogP contribution in [0.4, 0.5) is 0 Å². The van der Waals surface area contributed by atoms with E-state index in [0.29, 0.717) is 17.4 Å². The number of rotatable bonds is 67. The van der Waals surface area contributed by atoms with Crippen LogP contribution < -0.4 is 4.89 Å². The highest BCUT2D eigenvalue weighted by molar-refractivity contribution is 7.45. The fraction of sp³-hybridized carbons (Fsp3) is 0.700. The lowest BCUT2D eigenvalue weighted by Crippen LogP contribution is -2.37. The molecule has 0 saturated heterocycles. The molecular formula is C80H138NO8P. The van der Waals surface area contributed by atoms with Gasteiger partial charge in [0.05, 0.1) is 27.7 Å². The van der Waals surface area contributed by atoms with Crippen LogP contribution in [0.3, 0.4) is 0 Å². The fourth-order valence-electron chi connectivity index (χ4n) is 10.0. The second-order valence-corrected chi connectivity index (χ2v) is 27.0. The van der Waals surface area contributed by atoms with Gasteiger partial charge in [-0.15, -0.1) is 0 Å². The zero-order valence-electron chi connectivity index (χ0n) is 58.8. The van der Waals surface area contributed by atoms with Gasteiger partial charge >= 0.3 is 11.9 Å². The van der Waals surface area contributed by atoms with E-state index in [1.807, 2.05) is 21.1 Å². The van der Waals surface area contributed by atoms with Gasteiger partial charge in [-0.05, 0) is 116 Å². The molecule has 0 aromatic carbocycles. The number of nitrogens with zero attached hydrogens (tertiary/aromatic N) is 1. The number of unbranched alkanes of at least 4 members (excludes halogenated alkanes) is 31. The normalized spacial score (nSPS) is 13.9. The Morgan fingerprint density at radius 3 is 0.944 bits per heavy atom. The van der Waals surface area contributed by atoms with E-state index in [0.717, 1.165) is 103 Å². The van der Waals surface area contributed by atoms with Crippen LogP contribution in [0.15, 0.2) is 134 Å². The predicted molar refractivity (Wildman–Crippen MR) is 388 cm³/mol. The molecule has 0 heterocycles. The van der Waals surface area contributed by atoms with Crippen LogP contribution in [0.2, 0.25) is 0 Å². The smallest absolute Gasteiger partial charge is 0.306 e. The zero-order valence-corrected chi connectivity index (χ0v) is 59.7. The molecule has 0 N–H and O–H groups in total. The Bertz CT molecular complexity index is 1980. The summed E-state index contributed by atoms with van der Waals surface area (Å²) in [7, 11) is 1.16. The summed E-state index contributed by atoms with van der Waals surface area (Å²) in [5.41, 5.74) is 0. The van der Waals surface area contributed by atoms with E-state index in [1.54, 1.807) is 0 Å². The van der Waals surface area contributed by atoms with Gasteiger partial charge < -0.3 is 27.9 Å². The van der Waals surface area contributed by atoms with E-state index >= 15 is 0 Å². The van der Waals surface area contributed by atoms with E-state index in [4.69, 9.17) is 18.5 Å². The van der Waals surface area contributed by atoms with Crippen molar-refractivity contribution in [1.82, 2.24) is 0 Å². The van der Waals surface area contributed by atoms with E-state index in [9.17, 15) is 19.0 Å². The van der Waals surface area contributed by atoms with Gasteiger partial charge in [0.15, 0.2) is 6.10 Å². The van der Waals surface area contributed by atoms with Crippen molar-refractivity contribution in [2.75, 3.05) is 47.5 Å². The molecule has 0 fully saturated rings. The second kappa shape index (κ2) is 69.5. The predicted octanol–water partition coefficient (Wildman–Crippen LogP) is 23.8. The monoisotopic (exact) mass is 1270 g/mol. The molecule has 0 radical (unpaired) electrons. The molecule has 2 atom stereocenters. The summed E-state index contributed by atoms with van der Waals surface area (Å²) in [5, 5.41) is 0. The van der Waals surface area contributed by atoms with E-state index in [-0.39, 0.29) is 32.0 Å². The van der Waals surface area contributed by atoms with Gasteiger partial charge in [0.1, 0.15) is 19.8 Å². The minimum atomic E-state index is -4.65. The number of carbonyl (C=O) groups is 2. The Morgan fingerprint density at radius 1 is 0.356 bits per heavy atom. The molecule has 0 aromatic rings. The quantitative estimate of drug-likeness (QED) is 0.0195. The molecule has 0 bridgehead atoms. The number of hydrogen-bond acceptors (Lipinski definition) is 8. The summed E-state index contributed by atoms with van der Waals surface area (Å²) < 4.78 is 34.3. The first-order valence-electron chi connectivity index (χ1n) is 36.9. The van der Waals surface area contributed by atoms with Gasteiger partial charge in [0.25, 0.3) is 7.82 Å². The highest BCUT2D eigenvalue weighted by Crippen LogP contribution is 2.38. The molecule has 90 heavy (non-hydrogen) atoms. The minimum Gasteiger partial charge on any atom is -0.756 e. The number of ether oxygens (including phenoxy) is 2. The van der Waals surface area contributed by atoms with Crippen LogP contribution in [0.25, 0.3) is 0 Å². The van der Waals surface area contributed by atoms with Crippen molar-refractivity contribution < 1.29 is 42.1 Å². The molecule has 2 unspecified atom stereocenters. The molecule has 0 spiro atoms. The lowest BCUT2D eigenvalue weighted by atomic mass is 10.0. The summed E-state index contributed by atoms with van der Waals surface area (Å²) in [6.07, 6.45) is 101. The standard InChI is InChI=1S/C80H138NO8P/c1-6-8-10-12-14-16-18-20-22-24-26-28-30-32-33-34-35-36-37-38-39-40-41-42-43-44-45-46-47-49-51-53-55-57-59-61-63-65-67-69-71-73-80(83)89-78(77-88-90(84,85)87-75-74-81(3,4)5)76-86-79(82)72-70-68-66-64-62-60-58-56-54-52-50-48-31-29-27-25-23-21-19-17-15-13-11-9-7-2/h8,10,14,16,19-22,25-28,32-33,35-36,38-39,41-42,44-45,78H,6-7,9,11-13,15,17-18,23-24,29-31,34,37,40,43,46-77H2,1-5H3/b10-8-,16-14-,21-19-,22-20-,27-25-,28-26-,33-32-,36-35-,39-38-,42-41-,45-44-. The number of esters is 2. The van der Waals surface area contributed by atoms with Crippen LogP contribution in [-0.2, 0) is 32.7 Å². The molecule has 10 heteroatoms. The first kappa shape index (κ1) is 86.2. The van der Waals surface area contributed by atoms with Crippen LogP contribution in [0.5, 0.6) is 0 Å². The average Bonchev–Trinajstić information content (AvgIpc) is 3.62. The van der Waals surface area contributed by atoms with Crippen molar-refractivity contribution in [2.45, 2.75) is 315 Å². The number of carbonyl (C=O) groups excluding carboxylic acids is 2. The van der Waals surface area contributed by atoms with Crippen LogP contribution in [-0.4, -0.2) is 70.0 Å². The lowest BCUT2D eigenvalue weighted by Gasteiger charge is -2.28. The third kappa shape index (κ3) is 73.2. The van der Waals surface area contributed by atoms with E-state index in [2.05, 4.69) is 148 Å². The van der Waals surface area contributed by atoms with Crippen molar-refractivity contribution in [3.63, 3.8) is 0 Å². The number of phosphoric acid groups is 1. The molecule has 0 amide bonds. The molecule has 0 rings (SSSR count). The Balaban J connectivity index is 4.04. The Labute approximate surface area is 555 Å². The van der Waals surface area contributed by atoms with Gasteiger partial charge in [-0.25, -0.2) is 0 Å². The van der Waals surface area contributed by atoms with Crippen molar-refractivity contribution in [3.8, 4) is 0 Å². The summed E-state index contributed by atoms with van der Waals surface area (Å²) in [4.78, 5) is 38.1. The van der Waals surface area contributed by atoms with Crippen molar-refractivity contribution in [2.24, 2.45) is 0 Å². The average molecular weight is 1270 g/mol. The van der Waals surface area contributed by atoms with Gasteiger partial charge in [-0.1, -0.05) is 314 Å². The maximum atomic E-state index is 12.9. The van der Waals surface area contributed by atoms with Crippen molar-refractivity contribution >= 4 is 19.8 Å². The summed E-state index contributed by atoms with van der Waals surface area (Å²) in [6.45, 7) is 4.13. The largest absolute Gasteiger partial charge is 0.756 e. The molecule has 0 aliphatic heterocycles. The minimum absolute atomic E-state index is 0.0353. The summed E-state index contributed by atoms with van der Waals surface area (Å²) in [6, 6.07) is 0. The molecule has 0 aliphatic rings. The number of likely N-dealkylation sites (N-methyl/N-ethyl adjacent to an activating group) is 1. The number of allylic oxidation sites excluding steroid dienone is 22. The topological polar surface area (TPSA) is 111 Å². The number of hydrogen-bond donors (Lipinski definition) is 0. The van der Waals surface area contributed by atoms with Gasteiger partial charge in [0, 0.05) is 12.8 Å². The molecule has 0 aromatic heterocycles. The first-order chi connectivity index (χ1) is 44.0. The van der Waals surface area contributed by atoms with Crippen LogP contribution in [0.1, 0.15) is 309 Å². The summed E-state index contributed by atoms with van der Waals surface area (Å²) >= 11 is 0. The maximum Gasteiger partial charge on any atom is 0.306 e. The van der Waals surface area contributed by atoms with E-state index in [1.165, 1.54) is 173 Å². The molecule has 0 aliphatic carbocycles. The Morgan fingerprint density at radius 2 is 0.633 bits per heavy atom. The molecule has 0 saturated carbocycles. The maximum absolute atomic E-state index is 12.9. The Hall–Kier alpha value is -3.85. The number of quaternary nitrogens is 1. The van der Waals surface area contributed by atoms with Gasteiger partial charge in [0.2, 0.25) is 0 Å². The zero-order chi connectivity index (χ0) is 65.5. The SMILES string of the molecule is CC/C=C\C/C=C\C/C=C\C/C=C\C/C=C\C/C=C\C/C=C\C/C=C\C/C=C\CCCCCCCCCCCCCCCC(=O)OC(COC(=O)CCCCCCCCCCCCCCC/C=C\C/C=C\CCCCCCC)COP(=O)([O-])OCC[N+](C)(C)C. The highest BCUT2D eigenvalue weighted by atomic mass is 31.2. The lowest BCUT2D eigenvalue weighted by molar-refractivity contribution is -0.870. The van der Waals surface area contributed by atoms with Gasteiger partial charge in [-0.3, -0.25) is 14.2 Å². The number of phosphoric ester groups is 1. The third-order valence-electron chi connectivity index (χ3n) is 15.7. The molecular weight excluding hydrogens is 1130 g/mol. The van der Waals surface area contributed by atoms with Crippen molar-refractivity contribution in [1.29, 1.82) is 0 Å². The molecule has 516 valence electrons. The first-order valence-corrected chi connectivity index (χ1v) is 38.4. The highest BCUT2D eigenvalue weighted by Gasteiger charge is 2.22.